The largest absolute Gasteiger partial charge is 0.495 e. The molecule has 1 aromatic carbocycles. The lowest BCUT2D eigenvalue weighted by atomic mass is 10.2. The van der Waals surface area contributed by atoms with Gasteiger partial charge in [-0.15, -0.1) is 0 Å². The van der Waals surface area contributed by atoms with Gasteiger partial charge in [0.1, 0.15) is 5.75 Å². The predicted molar refractivity (Wildman–Crippen MR) is 92.0 cm³/mol. The molecule has 0 saturated carbocycles. The zero-order valence-electron chi connectivity index (χ0n) is 14.4. The third-order valence-corrected chi connectivity index (χ3v) is 6.02. The third kappa shape index (κ3) is 3.93. The van der Waals surface area contributed by atoms with Crippen LogP contribution in [0, 0.1) is 6.92 Å². The van der Waals surface area contributed by atoms with Crippen molar-refractivity contribution in [3.8, 4) is 5.75 Å². The summed E-state index contributed by atoms with van der Waals surface area (Å²) in [5, 5.41) is 6.83. The Morgan fingerprint density at radius 3 is 2.68 bits per heavy atom. The molecule has 25 heavy (non-hydrogen) atoms. The molecular weight excluding hydrogens is 344 g/mol. The minimum absolute atomic E-state index is 0.249. The van der Waals surface area contributed by atoms with Crippen LogP contribution in [0.25, 0.3) is 0 Å². The van der Waals surface area contributed by atoms with Crippen molar-refractivity contribution >= 4 is 15.7 Å². The molecule has 9 heteroatoms. The normalized spacial score (nSPS) is 15.9. The molecule has 0 radical (unpaired) electrons. The van der Waals surface area contributed by atoms with Gasteiger partial charge in [0.2, 0.25) is 15.9 Å². The van der Waals surface area contributed by atoms with Gasteiger partial charge < -0.3 is 14.6 Å². The van der Waals surface area contributed by atoms with Crippen LogP contribution in [0.1, 0.15) is 31.0 Å². The number of nitrogens with zero attached hydrogens (tertiary/aromatic N) is 3. The van der Waals surface area contributed by atoms with Gasteiger partial charge in [-0.2, -0.15) is 9.29 Å². The van der Waals surface area contributed by atoms with Crippen LogP contribution in [-0.2, 0) is 16.6 Å². The van der Waals surface area contributed by atoms with Crippen LogP contribution < -0.4 is 10.1 Å². The second-order valence-electron chi connectivity index (χ2n) is 5.92. The first-order valence-corrected chi connectivity index (χ1v) is 9.66. The van der Waals surface area contributed by atoms with Crippen molar-refractivity contribution in [2.75, 3.05) is 25.5 Å². The van der Waals surface area contributed by atoms with E-state index in [-0.39, 0.29) is 11.4 Å². The van der Waals surface area contributed by atoms with Crippen molar-refractivity contribution in [1.82, 2.24) is 14.4 Å². The number of sulfonamides is 1. The lowest BCUT2D eigenvalue weighted by Gasteiger charge is -2.26. The first kappa shape index (κ1) is 17.7. The monoisotopic (exact) mass is 366 g/mol. The number of piperidine rings is 1. The van der Waals surface area contributed by atoms with Crippen molar-refractivity contribution in [3.05, 3.63) is 29.9 Å². The number of rotatable bonds is 6. The van der Waals surface area contributed by atoms with Crippen LogP contribution in [0.2, 0.25) is 0 Å². The quantitative estimate of drug-likeness (QED) is 0.836. The van der Waals surface area contributed by atoms with Gasteiger partial charge in [-0.3, -0.25) is 0 Å². The van der Waals surface area contributed by atoms with Crippen LogP contribution >= 0.6 is 0 Å². The maximum Gasteiger partial charge on any atom is 0.245 e. The average Bonchev–Trinajstić information content (AvgIpc) is 3.05. The number of methoxy groups -OCH3 is 1. The number of aryl methyl sites for hydroxylation is 1. The number of aromatic nitrogens is 2. The molecule has 1 saturated heterocycles. The van der Waals surface area contributed by atoms with Gasteiger partial charge in [0.25, 0.3) is 0 Å². The Balaban J connectivity index is 1.83. The van der Waals surface area contributed by atoms with Gasteiger partial charge in [0.05, 0.1) is 24.2 Å². The molecule has 0 spiro atoms. The SMILES string of the molecule is COc1ccc(S(=O)(=O)N2CCCCC2)cc1NCc1nc(C)no1. The summed E-state index contributed by atoms with van der Waals surface area (Å²) >= 11 is 0. The standard InChI is InChI=1S/C16H22N4O4S/c1-12-18-16(24-19-12)11-17-14-10-13(6-7-15(14)23-2)25(21,22)20-8-4-3-5-9-20/h6-7,10,17H,3-5,8-9,11H2,1-2H3. The number of benzene rings is 1. The molecule has 1 fully saturated rings. The van der Waals surface area contributed by atoms with Gasteiger partial charge in [-0.1, -0.05) is 11.6 Å². The molecule has 136 valence electrons. The molecular formula is C16H22N4O4S. The van der Waals surface area contributed by atoms with E-state index in [2.05, 4.69) is 15.5 Å². The molecule has 1 aliphatic rings. The fraction of sp³-hybridized carbons (Fsp3) is 0.500. The molecule has 0 unspecified atom stereocenters. The van der Waals surface area contributed by atoms with E-state index in [0.29, 0.717) is 36.2 Å². The summed E-state index contributed by atoms with van der Waals surface area (Å²) in [4.78, 5) is 4.37. The van der Waals surface area contributed by atoms with Gasteiger partial charge in [0, 0.05) is 13.1 Å². The van der Waals surface area contributed by atoms with E-state index in [9.17, 15) is 8.42 Å². The van der Waals surface area contributed by atoms with Gasteiger partial charge in [-0.25, -0.2) is 8.42 Å². The molecule has 1 aromatic heterocycles. The van der Waals surface area contributed by atoms with Gasteiger partial charge >= 0.3 is 0 Å². The van der Waals surface area contributed by atoms with Crippen molar-refractivity contribution in [2.45, 2.75) is 37.6 Å². The van der Waals surface area contributed by atoms with Crippen LogP contribution in [0.3, 0.4) is 0 Å². The Labute approximate surface area is 147 Å². The summed E-state index contributed by atoms with van der Waals surface area (Å²) < 4.78 is 37.6. The summed E-state index contributed by atoms with van der Waals surface area (Å²) in [6, 6.07) is 4.81. The first-order chi connectivity index (χ1) is 12.0. The molecule has 0 bridgehead atoms. The third-order valence-electron chi connectivity index (χ3n) is 4.12. The van der Waals surface area contributed by atoms with Gasteiger partial charge in [0.15, 0.2) is 5.82 Å². The summed E-state index contributed by atoms with van der Waals surface area (Å²) in [5.41, 5.74) is 0.566. The second kappa shape index (κ2) is 7.40. The highest BCUT2D eigenvalue weighted by Crippen LogP contribution is 2.30. The maximum atomic E-state index is 12.8. The molecule has 8 nitrogen and oxygen atoms in total. The Bertz CT molecular complexity index is 828. The van der Waals surface area contributed by atoms with E-state index in [1.54, 1.807) is 29.4 Å². The molecule has 2 aromatic rings. The van der Waals surface area contributed by atoms with E-state index >= 15 is 0 Å². The molecule has 3 rings (SSSR count). The molecule has 0 amide bonds. The molecule has 2 heterocycles. The highest BCUT2D eigenvalue weighted by molar-refractivity contribution is 7.89. The lowest BCUT2D eigenvalue weighted by Crippen LogP contribution is -2.35. The van der Waals surface area contributed by atoms with Crippen molar-refractivity contribution < 1.29 is 17.7 Å². The Morgan fingerprint density at radius 2 is 2.04 bits per heavy atom. The van der Waals surface area contributed by atoms with Gasteiger partial charge in [-0.05, 0) is 38.0 Å². The number of hydrogen-bond donors (Lipinski definition) is 1. The number of ether oxygens (including phenoxy) is 1. The van der Waals surface area contributed by atoms with Crippen molar-refractivity contribution in [3.63, 3.8) is 0 Å². The summed E-state index contributed by atoms with van der Waals surface area (Å²) in [6.07, 6.45) is 2.87. The zero-order chi connectivity index (χ0) is 17.9. The fourth-order valence-electron chi connectivity index (χ4n) is 2.82. The van der Waals surface area contributed by atoms with E-state index < -0.39 is 10.0 Å². The molecule has 0 atom stereocenters. The molecule has 1 N–H and O–H groups in total. The first-order valence-electron chi connectivity index (χ1n) is 8.22. The van der Waals surface area contributed by atoms with Crippen LogP contribution in [-0.4, -0.2) is 43.1 Å². The van der Waals surface area contributed by atoms with Crippen LogP contribution in [0.4, 0.5) is 5.69 Å². The Morgan fingerprint density at radius 1 is 1.28 bits per heavy atom. The van der Waals surface area contributed by atoms with Crippen LogP contribution in [0.15, 0.2) is 27.6 Å². The van der Waals surface area contributed by atoms with E-state index in [4.69, 9.17) is 9.26 Å². The van der Waals surface area contributed by atoms with E-state index in [1.165, 1.54) is 7.11 Å². The summed E-state index contributed by atoms with van der Waals surface area (Å²) in [5.74, 6) is 1.52. The maximum absolute atomic E-state index is 12.8. The zero-order valence-corrected chi connectivity index (χ0v) is 15.2. The minimum Gasteiger partial charge on any atom is -0.495 e. The number of anilines is 1. The summed E-state index contributed by atoms with van der Waals surface area (Å²) in [6.45, 7) is 3.15. The summed E-state index contributed by atoms with van der Waals surface area (Å²) in [7, 11) is -1.96. The van der Waals surface area contributed by atoms with Crippen molar-refractivity contribution in [1.29, 1.82) is 0 Å². The highest BCUT2D eigenvalue weighted by Gasteiger charge is 2.26. The second-order valence-corrected chi connectivity index (χ2v) is 7.85. The minimum atomic E-state index is -3.50. The topological polar surface area (TPSA) is 97.6 Å². The predicted octanol–water partition coefficient (Wildman–Crippen LogP) is 2.17. The van der Waals surface area contributed by atoms with E-state index in [0.717, 1.165) is 19.3 Å². The molecule has 1 aliphatic heterocycles. The lowest BCUT2D eigenvalue weighted by molar-refractivity contribution is 0.346. The number of hydrogen-bond acceptors (Lipinski definition) is 7. The average molecular weight is 366 g/mol. The fourth-order valence-corrected chi connectivity index (χ4v) is 4.37. The highest BCUT2D eigenvalue weighted by atomic mass is 32.2. The van der Waals surface area contributed by atoms with E-state index in [1.807, 2.05) is 0 Å². The number of nitrogens with one attached hydrogen (secondary N) is 1. The smallest absolute Gasteiger partial charge is 0.245 e. The Kier molecular flexibility index (Phi) is 5.24. The van der Waals surface area contributed by atoms with Crippen molar-refractivity contribution in [2.24, 2.45) is 0 Å². The molecule has 0 aliphatic carbocycles. The van der Waals surface area contributed by atoms with Crippen LogP contribution in [0.5, 0.6) is 5.75 Å². The Hall–Kier alpha value is -2.13.